The van der Waals surface area contributed by atoms with Crippen molar-refractivity contribution in [3.05, 3.63) is 57.4 Å². The number of anilines is 1. The van der Waals surface area contributed by atoms with Gasteiger partial charge in [0.15, 0.2) is 0 Å². The third-order valence-electron chi connectivity index (χ3n) is 5.08. The zero-order chi connectivity index (χ0) is 20.4. The van der Waals surface area contributed by atoms with Gasteiger partial charge in [-0.3, -0.25) is 0 Å². The Balaban J connectivity index is 2.10. The second-order valence-electron chi connectivity index (χ2n) is 6.68. The van der Waals surface area contributed by atoms with E-state index in [1.807, 2.05) is 37.9 Å². The maximum absolute atomic E-state index is 12.4. The number of phenolic OH excluding ortho intramolecular Hbond substituents is 1. The molecule has 1 N–H and O–H groups in total. The molecule has 0 atom stereocenters. The topological polar surface area (TPSA) is 72.1 Å². The Morgan fingerprint density at radius 1 is 1.11 bits per heavy atom. The van der Waals surface area contributed by atoms with E-state index in [4.69, 9.17) is 13.9 Å². The van der Waals surface area contributed by atoms with E-state index in [-0.39, 0.29) is 11.4 Å². The number of rotatable bonds is 6. The molecule has 3 aromatic rings. The van der Waals surface area contributed by atoms with E-state index in [0.717, 1.165) is 16.6 Å². The number of phenols is 1. The Labute approximate surface area is 163 Å². The van der Waals surface area contributed by atoms with Crippen LogP contribution in [-0.4, -0.2) is 26.4 Å². The summed E-state index contributed by atoms with van der Waals surface area (Å²) in [5.41, 5.74) is 2.99. The summed E-state index contributed by atoms with van der Waals surface area (Å²) in [6.45, 7) is 4.17. The smallest absolute Gasteiger partial charge is 0.339 e. The predicted molar refractivity (Wildman–Crippen MR) is 110 cm³/mol. The fourth-order valence-electron chi connectivity index (χ4n) is 3.48. The molecule has 1 heterocycles. The molecule has 6 heteroatoms. The Kier molecular flexibility index (Phi) is 5.49. The van der Waals surface area contributed by atoms with Crippen LogP contribution in [0.5, 0.6) is 17.2 Å². The lowest BCUT2D eigenvalue weighted by atomic mass is 10.0. The highest BCUT2D eigenvalue weighted by Crippen LogP contribution is 2.35. The van der Waals surface area contributed by atoms with Gasteiger partial charge in [0.1, 0.15) is 22.8 Å². The molecule has 0 bridgehead atoms. The minimum Gasteiger partial charge on any atom is -0.507 e. The van der Waals surface area contributed by atoms with E-state index in [1.165, 1.54) is 0 Å². The summed E-state index contributed by atoms with van der Waals surface area (Å²) in [6, 6.07) is 8.96. The summed E-state index contributed by atoms with van der Waals surface area (Å²) in [5, 5.41) is 11.3. The number of benzene rings is 2. The highest BCUT2D eigenvalue weighted by molar-refractivity contribution is 5.86. The van der Waals surface area contributed by atoms with Gasteiger partial charge >= 0.3 is 5.63 Å². The van der Waals surface area contributed by atoms with Crippen LogP contribution < -0.4 is 20.0 Å². The minimum atomic E-state index is -0.357. The van der Waals surface area contributed by atoms with Gasteiger partial charge in [-0.2, -0.15) is 0 Å². The van der Waals surface area contributed by atoms with E-state index < -0.39 is 0 Å². The molecule has 6 nitrogen and oxygen atoms in total. The van der Waals surface area contributed by atoms with Gasteiger partial charge in [0.2, 0.25) is 0 Å². The van der Waals surface area contributed by atoms with Crippen molar-refractivity contribution >= 4 is 16.7 Å². The van der Waals surface area contributed by atoms with Crippen LogP contribution >= 0.6 is 0 Å². The fraction of sp³-hybridized carbons (Fsp3) is 0.318. The van der Waals surface area contributed by atoms with E-state index in [0.29, 0.717) is 41.2 Å². The van der Waals surface area contributed by atoms with E-state index >= 15 is 0 Å². The zero-order valence-electron chi connectivity index (χ0n) is 16.8. The van der Waals surface area contributed by atoms with Crippen molar-refractivity contribution in [3.8, 4) is 17.2 Å². The van der Waals surface area contributed by atoms with Crippen LogP contribution in [0, 0.1) is 6.92 Å². The monoisotopic (exact) mass is 383 g/mol. The Morgan fingerprint density at radius 2 is 1.86 bits per heavy atom. The average molecular weight is 383 g/mol. The number of hydrogen-bond acceptors (Lipinski definition) is 6. The summed E-state index contributed by atoms with van der Waals surface area (Å²) >= 11 is 0. The van der Waals surface area contributed by atoms with Crippen molar-refractivity contribution in [2.45, 2.75) is 26.8 Å². The quantitative estimate of drug-likeness (QED) is 0.648. The van der Waals surface area contributed by atoms with Crippen molar-refractivity contribution in [2.75, 3.05) is 26.2 Å². The summed E-state index contributed by atoms with van der Waals surface area (Å²) in [4.78, 5) is 14.3. The highest BCUT2D eigenvalue weighted by atomic mass is 16.5. The summed E-state index contributed by atoms with van der Waals surface area (Å²) < 4.78 is 16.3. The molecule has 0 spiro atoms. The number of ether oxygens (including phenoxy) is 2. The second kappa shape index (κ2) is 7.84. The first-order chi connectivity index (χ1) is 13.4. The van der Waals surface area contributed by atoms with Crippen LogP contribution in [0.1, 0.15) is 23.6 Å². The normalized spacial score (nSPS) is 10.9. The molecule has 1 aromatic heterocycles. The maximum Gasteiger partial charge on any atom is 0.339 e. The third-order valence-corrected chi connectivity index (χ3v) is 5.08. The number of hydrogen-bond donors (Lipinski definition) is 1. The van der Waals surface area contributed by atoms with Crippen LogP contribution in [0.4, 0.5) is 5.69 Å². The third kappa shape index (κ3) is 3.38. The van der Waals surface area contributed by atoms with Crippen molar-refractivity contribution in [1.29, 1.82) is 0 Å². The molecule has 0 aliphatic rings. The molecule has 0 radical (unpaired) electrons. The molecule has 0 amide bonds. The lowest BCUT2D eigenvalue weighted by Crippen LogP contribution is -2.18. The molecule has 0 saturated carbocycles. The van der Waals surface area contributed by atoms with Crippen molar-refractivity contribution in [1.82, 2.24) is 0 Å². The molecule has 0 aliphatic carbocycles. The van der Waals surface area contributed by atoms with Crippen LogP contribution in [0.25, 0.3) is 11.0 Å². The molecular formula is C22H25NO5. The van der Waals surface area contributed by atoms with Gasteiger partial charge in [-0.25, -0.2) is 4.79 Å². The molecule has 0 aliphatic heterocycles. The average Bonchev–Trinajstić information content (AvgIpc) is 2.69. The number of aryl methyl sites for hydroxylation is 1. The van der Waals surface area contributed by atoms with Crippen molar-refractivity contribution in [2.24, 2.45) is 0 Å². The predicted octanol–water partition coefficient (Wildman–Crippen LogP) is 4.02. The van der Waals surface area contributed by atoms with Crippen LogP contribution in [0.3, 0.4) is 0 Å². The first kappa shape index (κ1) is 19.6. The summed E-state index contributed by atoms with van der Waals surface area (Å²) in [6.07, 6.45) is 0.600. The van der Waals surface area contributed by atoms with Gasteiger partial charge in [0.05, 0.1) is 32.0 Å². The van der Waals surface area contributed by atoms with Gasteiger partial charge in [0.25, 0.3) is 0 Å². The van der Waals surface area contributed by atoms with Crippen LogP contribution in [-0.2, 0) is 13.0 Å². The largest absolute Gasteiger partial charge is 0.507 e. The van der Waals surface area contributed by atoms with Crippen LogP contribution in [0.2, 0.25) is 0 Å². The van der Waals surface area contributed by atoms with Gasteiger partial charge in [-0.15, -0.1) is 0 Å². The standard InChI is InChI=1S/C22H25NO5/c1-6-15-13(2)16-8-10-19(24)17(21(16)28-22(15)25)12-23(3)18-9-7-14(26-4)11-20(18)27-5/h7-11,24H,6,12H2,1-5H3. The zero-order valence-corrected chi connectivity index (χ0v) is 16.8. The van der Waals surface area contributed by atoms with Crippen LogP contribution in [0.15, 0.2) is 39.5 Å². The summed E-state index contributed by atoms with van der Waals surface area (Å²) in [7, 11) is 5.07. The number of aromatic hydroxyl groups is 1. The first-order valence-corrected chi connectivity index (χ1v) is 9.11. The first-order valence-electron chi connectivity index (χ1n) is 9.11. The molecule has 3 rings (SSSR count). The number of fused-ring (bicyclic) bond motifs is 1. The van der Waals surface area contributed by atoms with Crippen molar-refractivity contribution in [3.63, 3.8) is 0 Å². The Morgan fingerprint density at radius 3 is 2.50 bits per heavy atom. The molecule has 28 heavy (non-hydrogen) atoms. The van der Waals surface area contributed by atoms with E-state index in [9.17, 15) is 9.90 Å². The van der Waals surface area contributed by atoms with Gasteiger partial charge in [-0.1, -0.05) is 6.92 Å². The number of methoxy groups -OCH3 is 2. The lowest BCUT2D eigenvalue weighted by Gasteiger charge is -2.23. The van der Waals surface area contributed by atoms with E-state index in [1.54, 1.807) is 32.4 Å². The molecule has 0 saturated heterocycles. The number of nitrogens with zero attached hydrogens (tertiary/aromatic N) is 1. The SMILES string of the molecule is CCc1c(C)c2ccc(O)c(CN(C)c3ccc(OC)cc3OC)c2oc1=O. The van der Waals surface area contributed by atoms with Gasteiger partial charge in [-0.05, 0) is 43.2 Å². The fourth-order valence-corrected chi connectivity index (χ4v) is 3.48. The Hall–Kier alpha value is -3.15. The highest BCUT2D eigenvalue weighted by Gasteiger charge is 2.18. The lowest BCUT2D eigenvalue weighted by molar-refractivity contribution is 0.394. The molecule has 148 valence electrons. The van der Waals surface area contributed by atoms with Gasteiger partial charge in [0, 0.05) is 24.1 Å². The summed E-state index contributed by atoms with van der Waals surface area (Å²) in [5.74, 6) is 1.42. The van der Waals surface area contributed by atoms with E-state index in [2.05, 4.69) is 0 Å². The molecular weight excluding hydrogens is 358 g/mol. The maximum atomic E-state index is 12.4. The Bertz CT molecular complexity index is 1070. The minimum absolute atomic E-state index is 0.0821. The van der Waals surface area contributed by atoms with Gasteiger partial charge < -0.3 is 23.9 Å². The molecule has 0 unspecified atom stereocenters. The second-order valence-corrected chi connectivity index (χ2v) is 6.68. The molecule has 0 fully saturated rings. The van der Waals surface area contributed by atoms with Crippen molar-refractivity contribution < 1.29 is 19.0 Å². The molecule has 2 aromatic carbocycles.